The molecule has 15 heavy (non-hydrogen) atoms. The largest absolute Gasteiger partial charge is 0.457 e. The zero-order chi connectivity index (χ0) is 10.7. The highest BCUT2D eigenvalue weighted by atomic mass is 127. The minimum Gasteiger partial charge on any atom is -0.457 e. The van der Waals surface area contributed by atoms with E-state index in [1.165, 1.54) is 3.57 Å². The Kier molecular flexibility index (Phi) is 3.26. The summed E-state index contributed by atoms with van der Waals surface area (Å²) in [7, 11) is 0. The van der Waals surface area contributed by atoms with Gasteiger partial charge in [-0.25, -0.2) is 0 Å². The third-order valence-corrected chi connectivity index (χ3v) is 2.69. The second-order valence-electron chi connectivity index (χ2n) is 3.20. The van der Waals surface area contributed by atoms with Crippen LogP contribution in [0.4, 0.5) is 0 Å². The summed E-state index contributed by atoms with van der Waals surface area (Å²) < 4.78 is 6.86. The van der Waals surface area contributed by atoms with E-state index in [0.717, 1.165) is 17.1 Å². The molecule has 2 heteroatoms. The van der Waals surface area contributed by atoms with Crippen LogP contribution < -0.4 is 4.74 Å². The molecule has 0 aliphatic heterocycles. The Hall–Kier alpha value is -1.03. The summed E-state index contributed by atoms with van der Waals surface area (Å²) in [5.74, 6) is 1.69. The summed E-state index contributed by atoms with van der Waals surface area (Å²) in [5.41, 5.74) is 0.991. The van der Waals surface area contributed by atoms with E-state index in [9.17, 15) is 0 Å². The molecule has 2 aromatic rings. The molecule has 1 nitrogen and oxygen atoms in total. The van der Waals surface area contributed by atoms with Crippen molar-refractivity contribution in [3.63, 3.8) is 0 Å². The van der Waals surface area contributed by atoms with Crippen molar-refractivity contribution in [2.75, 3.05) is 0 Å². The molecule has 0 amide bonds. The fraction of sp³-hybridized carbons (Fsp3) is 0. The van der Waals surface area contributed by atoms with Crippen LogP contribution in [0.3, 0.4) is 0 Å². The number of hydrogen-bond acceptors (Lipinski definition) is 1. The van der Waals surface area contributed by atoms with E-state index in [4.69, 9.17) is 4.74 Å². The Morgan fingerprint density at radius 2 is 1.27 bits per heavy atom. The monoisotopic (exact) mass is 309 g/mol. The Balaban J connectivity index is 2.15. The molecular formula is C13H10IO. The first-order chi connectivity index (χ1) is 7.24. The van der Waals surface area contributed by atoms with Crippen LogP contribution in [0.1, 0.15) is 5.56 Å². The van der Waals surface area contributed by atoms with Gasteiger partial charge in [0, 0.05) is 3.57 Å². The van der Waals surface area contributed by atoms with Crippen LogP contribution in [0, 0.1) is 10.5 Å². The lowest BCUT2D eigenvalue weighted by Gasteiger charge is -2.05. The number of rotatable bonds is 2. The van der Waals surface area contributed by atoms with Crippen LogP contribution in [0.2, 0.25) is 0 Å². The van der Waals surface area contributed by atoms with Gasteiger partial charge in [0.25, 0.3) is 0 Å². The maximum atomic E-state index is 5.66. The Bertz CT molecular complexity index is 388. The minimum absolute atomic E-state index is 0.837. The van der Waals surface area contributed by atoms with Gasteiger partial charge in [0.2, 0.25) is 0 Å². The lowest BCUT2D eigenvalue weighted by molar-refractivity contribution is 0.482. The molecule has 0 aliphatic carbocycles. The quantitative estimate of drug-likeness (QED) is 0.753. The first kappa shape index (κ1) is 10.5. The van der Waals surface area contributed by atoms with Crippen LogP contribution in [0.15, 0.2) is 48.5 Å². The summed E-state index contributed by atoms with van der Waals surface area (Å²) >= 11 is 2.27. The first-order valence-corrected chi connectivity index (χ1v) is 5.67. The highest BCUT2D eigenvalue weighted by molar-refractivity contribution is 14.1. The molecular weight excluding hydrogens is 299 g/mol. The molecule has 0 spiro atoms. The highest BCUT2D eigenvalue weighted by Crippen LogP contribution is 2.22. The van der Waals surface area contributed by atoms with Crippen molar-refractivity contribution >= 4 is 22.6 Å². The zero-order valence-electron chi connectivity index (χ0n) is 8.11. The fourth-order valence-corrected chi connectivity index (χ4v) is 1.56. The molecule has 1 radical (unpaired) electrons. The maximum absolute atomic E-state index is 5.66. The van der Waals surface area contributed by atoms with Crippen molar-refractivity contribution in [2.24, 2.45) is 0 Å². The fourth-order valence-electron chi connectivity index (χ4n) is 1.20. The van der Waals surface area contributed by atoms with E-state index in [1.54, 1.807) is 0 Å². The lowest BCUT2D eigenvalue weighted by Crippen LogP contribution is -1.83. The maximum Gasteiger partial charge on any atom is 0.127 e. The van der Waals surface area contributed by atoms with Crippen molar-refractivity contribution in [2.45, 2.75) is 0 Å². The van der Waals surface area contributed by atoms with Gasteiger partial charge in [-0.3, -0.25) is 0 Å². The summed E-state index contributed by atoms with van der Waals surface area (Å²) in [6.45, 7) is 3.82. The van der Waals surface area contributed by atoms with Crippen molar-refractivity contribution < 1.29 is 4.74 Å². The molecule has 2 rings (SSSR count). The standard InChI is InChI=1S/C13H10IO/c1-10-2-6-12(7-3-10)15-13-8-4-11(14)5-9-13/h2-9H,1H2. The van der Waals surface area contributed by atoms with E-state index < -0.39 is 0 Å². The predicted molar refractivity (Wildman–Crippen MR) is 70.1 cm³/mol. The second-order valence-corrected chi connectivity index (χ2v) is 4.45. The van der Waals surface area contributed by atoms with E-state index >= 15 is 0 Å². The minimum atomic E-state index is 0.837. The van der Waals surface area contributed by atoms with Gasteiger partial charge < -0.3 is 4.74 Å². The van der Waals surface area contributed by atoms with Gasteiger partial charge in [0.15, 0.2) is 0 Å². The summed E-state index contributed by atoms with van der Waals surface area (Å²) in [4.78, 5) is 0. The third-order valence-electron chi connectivity index (χ3n) is 1.97. The van der Waals surface area contributed by atoms with Crippen LogP contribution in [-0.4, -0.2) is 0 Å². The van der Waals surface area contributed by atoms with Gasteiger partial charge in [0.1, 0.15) is 11.5 Å². The lowest BCUT2D eigenvalue weighted by atomic mass is 10.2. The summed E-state index contributed by atoms with van der Waals surface area (Å²) in [5, 5.41) is 0. The average molecular weight is 309 g/mol. The SMILES string of the molecule is [CH2]c1ccc(Oc2ccc(I)cc2)cc1. The van der Waals surface area contributed by atoms with Crippen LogP contribution >= 0.6 is 22.6 Å². The number of halogens is 1. The molecule has 2 aromatic carbocycles. The van der Waals surface area contributed by atoms with Gasteiger partial charge in [-0.05, 0) is 71.5 Å². The first-order valence-electron chi connectivity index (χ1n) is 4.59. The van der Waals surface area contributed by atoms with Crippen molar-refractivity contribution in [3.05, 3.63) is 64.6 Å². The summed E-state index contributed by atoms with van der Waals surface area (Å²) in [6, 6.07) is 15.7. The van der Waals surface area contributed by atoms with E-state index in [1.807, 2.05) is 48.5 Å². The topological polar surface area (TPSA) is 9.23 Å². The van der Waals surface area contributed by atoms with Crippen molar-refractivity contribution in [1.29, 1.82) is 0 Å². The molecule has 0 atom stereocenters. The smallest absolute Gasteiger partial charge is 0.127 e. The van der Waals surface area contributed by atoms with Gasteiger partial charge in [-0.15, -0.1) is 0 Å². The Labute approximate surface area is 103 Å². The van der Waals surface area contributed by atoms with Gasteiger partial charge in [-0.2, -0.15) is 0 Å². The average Bonchev–Trinajstić information content (AvgIpc) is 2.25. The molecule has 0 aliphatic rings. The van der Waals surface area contributed by atoms with E-state index in [2.05, 4.69) is 29.5 Å². The van der Waals surface area contributed by atoms with Gasteiger partial charge in [-0.1, -0.05) is 12.1 Å². The van der Waals surface area contributed by atoms with Crippen LogP contribution in [-0.2, 0) is 0 Å². The van der Waals surface area contributed by atoms with E-state index in [0.29, 0.717) is 0 Å². The highest BCUT2D eigenvalue weighted by Gasteiger charge is 1.96. The molecule has 0 saturated carbocycles. The molecule has 75 valence electrons. The normalized spacial score (nSPS) is 10.0. The summed E-state index contributed by atoms with van der Waals surface area (Å²) in [6.07, 6.45) is 0. The number of ether oxygens (including phenoxy) is 1. The predicted octanol–water partition coefficient (Wildman–Crippen LogP) is 4.27. The van der Waals surface area contributed by atoms with Crippen LogP contribution in [0.25, 0.3) is 0 Å². The number of hydrogen-bond donors (Lipinski definition) is 0. The molecule has 0 aromatic heterocycles. The van der Waals surface area contributed by atoms with Crippen LogP contribution in [0.5, 0.6) is 11.5 Å². The van der Waals surface area contributed by atoms with Crippen molar-refractivity contribution in [1.82, 2.24) is 0 Å². The number of benzene rings is 2. The zero-order valence-corrected chi connectivity index (χ0v) is 10.3. The molecule has 0 heterocycles. The van der Waals surface area contributed by atoms with Crippen molar-refractivity contribution in [3.8, 4) is 11.5 Å². The Morgan fingerprint density at radius 1 is 0.800 bits per heavy atom. The molecule has 0 bridgehead atoms. The molecule has 0 fully saturated rings. The molecule has 0 N–H and O–H groups in total. The molecule has 0 unspecified atom stereocenters. The van der Waals surface area contributed by atoms with Gasteiger partial charge >= 0.3 is 0 Å². The molecule has 0 saturated heterocycles. The second kappa shape index (κ2) is 4.66. The Morgan fingerprint density at radius 3 is 1.80 bits per heavy atom. The van der Waals surface area contributed by atoms with Gasteiger partial charge in [0.05, 0.1) is 0 Å². The third kappa shape index (κ3) is 2.96. The van der Waals surface area contributed by atoms with E-state index in [-0.39, 0.29) is 0 Å².